The fourth-order valence-electron chi connectivity index (χ4n) is 2.18. The molecule has 1 unspecified atom stereocenters. The van der Waals surface area contributed by atoms with Crippen LogP contribution in [0.1, 0.15) is 28.4 Å². The highest BCUT2D eigenvalue weighted by atomic mass is 79.9. The number of rotatable bonds is 3. The molecule has 0 spiro atoms. The van der Waals surface area contributed by atoms with Gasteiger partial charge in [-0.1, -0.05) is 23.8 Å². The normalized spacial score (nSPS) is 12.5. The van der Waals surface area contributed by atoms with E-state index in [1.165, 1.54) is 12.1 Å². The van der Waals surface area contributed by atoms with E-state index in [4.69, 9.17) is 0 Å². The Morgan fingerprint density at radius 1 is 1.15 bits per heavy atom. The minimum absolute atomic E-state index is 0.0958. The van der Waals surface area contributed by atoms with Gasteiger partial charge in [-0.15, -0.1) is 0 Å². The van der Waals surface area contributed by atoms with Crippen LogP contribution in [0.15, 0.2) is 34.8 Å². The SMILES string of the molecule is Cc1ccc(C)c(C(O)Cc2c(F)ccc(Br)c2F)c1. The monoisotopic (exact) mass is 340 g/mol. The molecule has 2 aromatic rings. The molecule has 2 rings (SSSR count). The van der Waals surface area contributed by atoms with Gasteiger partial charge in [0.1, 0.15) is 11.6 Å². The van der Waals surface area contributed by atoms with Crippen molar-refractivity contribution >= 4 is 15.9 Å². The lowest BCUT2D eigenvalue weighted by Gasteiger charge is -2.16. The third-order valence-corrected chi connectivity index (χ3v) is 3.94. The zero-order valence-corrected chi connectivity index (χ0v) is 12.8. The lowest BCUT2D eigenvalue weighted by molar-refractivity contribution is 0.175. The molecule has 0 fully saturated rings. The standard InChI is InChI=1S/C16H15BrF2O/c1-9-3-4-10(2)11(7-9)15(20)8-12-14(18)6-5-13(17)16(12)19/h3-7,15,20H,8H2,1-2H3. The van der Waals surface area contributed by atoms with E-state index in [0.717, 1.165) is 11.1 Å². The highest BCUT2D eigenvalue weighted by Gasteiger charge is 2.18. The second kappa shape index (κ2) is 6.02. The summed E-state index contributed by atoms with van der Waals surface area (Å²) in [5, 5.41) is 10.3. The molecule has 0 saturated heterocycles. The van der Waals surface area contributed by atoms with Gasteiger partial charge in [0.15, 0.2) is 0 Å². The number of hydrogen-bond acceptors (Lipinski definition) is 1. The van der Waals surface area contributed by atoms with Crippen molar-refractivity contribution in [2.75, 3.05) is 0 Å². The smallest absolute Gasteiger partial charge is 0.143 e. The summed E-state index contributed by atoms with van der Waals surface area (Å²) in [5.74, 6) is -1.30. The highest BCUT2D eigenvalue weighted by Crippen LogP contribution is 2.28. The average Bonchev–Trinajstić information content (AvgIpc) is 2.41. The van der Waals surface area contributed by atoms with Gasteiger partial charge in [-0.2, -0.15) is 0 Å². The molecule has 2 aromatic carbocycles. The van der Waals surface area contributed by atoms with E-state index in [2.05, 4.69) is 15.9 Å². The molecule has 0 heterocycles. The molecule has 0 amide bonds. The first-order valence-corrected chi connectivity index (χ1v) is 7.07. The molecule has 4 heteroatoms. The van der Waals surface area contributed by atoms with Crippen LogP contribution in [-0.4, -0.2) is 5.11 Å². The van der Waals surface area contributed by atoms with Gasteiger partial charge in [-0.25, -0.2) is 8.78 Å². The minimum atomic E-state index is -0.937. The minimum Gasteiger partial charge on any atom is -0.388 e. The van der Waals surface area contributed by atoms with Crippen LogP contribution < -0.4 is 0 Å². The van der Waals surface area contributed by atoms with E-state index in [0.29, 0.717) is 5.56 Å². The molecule has 0 aliphatic carbocycles. The van der Waals surface area contributed by atoms with E-state index in [-0.39, 0.29) is 16.5 Å². The predicted octanol–water partition coefficient (Wildman–Crippen LogP) is 4.62. The van der Waals surface area contributed by atoms with Gasteiger partial charge >= 0.3 is 0 Å². The quantitative estimate of drug-likeness (QED) is 0.808. The van der Waals surface area contributed by atoms with Crippen molar-refractivity contribution in [1.82, 2.24) is 0 Å². The van der Waals surface area contributed by atoms with Crippen LogP contribution in [-0.2, 0) is 6.42 Å². The Bertz CT molecular complexity index is 641. The summed E-state index contributed by atoms with van der Waals surface area (Å²) in [4.78, 5) is 0. The zero-order valence-electron chi connectivity index (χ0n) is 11.3. The Morgan fingerprint density at radius 3 is 2.55 bits per heavy atom. The first-order chi connectivity index (χ1) is 9.40. The maximum atomic E-state index is 13.9. The summed E-state index contributed by atoms with van der Waals surface area (Å²) in [6, 6.07) is 8.18. The summed E-state index contributed by atoms with van der Waals surface area (Å²) in [7, 11) is 0. The summed E-state index contributed by atoms with van der Waals surface area (Å²) in [6.45, 7) is 3.78. The Balaban J connectivity index is 2.35. The van der Waals surface area contributed by atoms with Crippen LogP contribution in [0.3, 0.4) is 0 Å². The fraction of sp³-hybridized carbons (Fsp3) is 0.250. The number of aryl methyl sites for hydroxylation is 2. The average molecular weight is 341 g/mol. The van der Waals surface area contributed by atoms with Gasteiger partial charge in [-0.05, 0) is 53.0 Å². The highest BCUT2D eigenvalue weighted by molar-refractivity contribution is 9.10. The Morgan fingerprint density at radius 2 is 1.85 bits per heavy atom. The van der Waals surface area contributed by atoms with E-state index in [1.807, 2.05) is 32.0 Å². The third-order valence-electron chi connectivity index (χ3n) is 3.33. The molecule has 0 aliphatic rings. The fourth-order valence-corrected chi connectivity index (χ4v) is 2.55. The van der Waals surface area contributed by atoms with E-state index < -0.39 is 17.7 Å². The van der Waals surface area contributed by atoms with Crippen LogP contribution in [0, 0.1) is 25.5 Å². The lowest BCUT2D eigenvalue weighted by atomic mass is 9.96. The topological polar surface area (TPSA) is 20.2 Å². The van der Waals surface area contributed by atoms with E-state index in [1.54, 1.807) is 0 Å². The van der Waals surface area contributed by atoms with Crippen LogP contribution in [0.5, 0.6) is 0 Å². The molecule has 0 bridgehead atoms. The van der Waals surface area contributed by atoms with Gasteiger partial charge in [0.2, 0.25) is 0 Å². The summed E-state index contributed by atoms with van der Waals surface area (Å²) in [5.41, 5.74) is 2.50. The van der Waals surface area contributed by atoms with Crippen molar-refractivity contribution in [3.63, 3.8) is 0 Å². The number of aliphatic hydroxyl groups excluding tert-OH is 1. The lowest BCUT2D eigenvalue weighted by Crippen LogP contribution is -2.08. The maximum absolute atomic E-state index is 13.9. The molecule has 20 heavy (non-hydrogen) atoms. The largest absolute Gasteiger partial charge is 0.388 e. The van der Waals surface area contributed by atoms with E-state index in [9.17, 15) is 13.9 Å². The first-order valence-electron chi connectivity index (χ1n) is 6.27. The third kappa shape index (κ3) is 3.07. The van der Waals surface area contributed by atoms with Gasteiger partial charge in [0, 0.05) is 12.0 Å². The number of halogens is 3. The van der Waals surface area contributed by atoms with Crippen molar-refractivity contribution in [3.8, 4) is 0 Å². The van der Waals surface area contributed by atoms with Gasteiger partial charge in [0.05, 0.1) is 10.6 Å². The first kappa shape index (κ1) is 15.1. The zero-order chi connectivity index (χ0) is 14.9. The molecule has 1 N–H and O–H groups in total. The predicted molar refractivity (Wildman–Crippen MR) is 78.6 cm³/mol. The van der Waals surface area contributed by atoms with E-state index >= 15 is 0 Å². The molecule has 1 atom stereocenters. The molecule has 1 nitrogen and oxygen atoms in total. The van der Waals surface area contributed by atoms with Crippen LogP contribution >= 0.6 is 15.9 Å². The number of hydrogen-bond donors (Lipinski definition) is 1. The molecule has 0 aromatic heterocycles. The van der Waals surface area contributed by atoms with Crippen molar-refractivity contribution < 1.29 is 13.9 Å². The van der Waals surface area contributed by atoms with Gasteiger partial charge < -0.3 is 5.11 Å². The van der Waals surface area contributed by atoms with Crippen molar-refractivity contribution in [2.24, 2.45) is 0 Å². The second-order valence-electron chi connectivity index (χ2n) is 4.90. The summed E-state index contributed by atoms with van der Waals surface area (Å²) in [6.07, 6.45) is -1.03. The molecular weight excluding hydrogens is 326 g/mol. The molecule has 106 valence electrons. The summed E-state index contributed by atoms with van der Waals surface area (Å²) < 4.78 is 27.8. The number of benzene rings is 2. The second-order valence-corrected chi connectivity index (χ2v) is 5.76. The van der Waals surface area contributed by atoms with Crippen molar-refractivity contribution in [1.29, 1.82) is 0 Å². The Hall–Kier alpha value is -1.26. The molecular formula is C16H15BrF2O. The summed E-state index contributed by atoms with van der Waals surface area (Å²) >= 11 is 3.03. The van der Waals surface area contributed by atoms with Gasteiger partial charge in [0.25, 0.3) is 0 Å². The van der Waals surface area contributed by atoms with Crippen molar-refractivity contribution in [3.05, 3.63) is 68.7 Å². The van der Waals surface area contributed by atoms with Crippen LogP contribution in [0.25, 0.3) is 0 Å². The number of aliphatic hydroxyl groups is 1. The van der Waals surface area contributed by atoms with Gasteiger partial charge in [-0.3, -0.25) is 0 Å². The molecule has 0 radical (unpaired) electrons. The molecule has 0 saturated carbocycles. The maximum Gasteiger partial charge on any atom is 0.143 e. The molecule has 0 aliphatic heterocycles. The van der Waals surface area contributed by atoms with Crippen molar-refractivity contribution in [2.45, 2.75) is 26.4 Å². The van der Waals surface area contributed by atoms with Crippen LogP contribution in [0.4, 0.5) is 8.78 Å². The Kier molecular flexibility index (Phi) is 4.55. The Labute approximate surface area is 125 Å². The van der Waals surface area contributed by atoms with Crippen LogP contribution in [0.2, 0.25) is 0 Å².